The second-order valence-corrected chi connectivity index (χ2v) is 5.88. The molecule has 2 rings (SSSR count). The van der Waals surface area contributed by atoms with Crippen molar-refractivity contribution in [1.82, 2.24) is 15.1 Å². The summed E-state index contributed by atoms with van der Waals surface area (Å²) in [6.07, 6.45) is 6.73. The summed E-state index contributed by atoms with van der Waals surface area (Å²) in [6, 6.07) is 1.52. The Labute approximate surface area is 107 Å². The lowest BCUT2D eigenvalue weighted by Crippen LogP contribution is -2.40. The summed E-state index contributed by atoms with van der Waals surface area (Å²) in [5, 5.41) is 3.88. The maximum Gasteiger partial charge on any atom is 0.0209 e. The second-order valence-electron chi connectivity index (χ2n) is 5.88. The first-order valence-corrected chi connectivity index (χ1v) is 7.45. The predicted octanol–water partition coefficient (Wildman–Crippen LogP) is 1.54. The van der Waals surface area contributed by atoms with E-state index in [1.54, 1.807) is 0 Å². The van der Waals surface area contributed by atoms with Gasteiger partial charge in [0.25, 0.3) is 0 Å². The van der Waals surface area contributed by atoms with Crippen LogP contribution in [0.1, 0.15) is 39.0 Å². The van der Waals surface area contributed by atoms with E-state index in [1.807, 2.05) is 0 Å². The molecule has 2 unspecified atom stereocenters. The Morgan fingerprint density at radius 2 is 1.88 bits per heavy atom. The number of rotatable bonds is 4. The Hall–Kier alpha value is -0.120. The molecule has 3 heteroatoms. The van der Waals surface area contributed by atoms with Gasteiger partial charge in [0.1, 0.15) is 0 Å². The maximum absolute atomic E-state index is 3.88. The van der Waals surface area contributed by atoms with Gasteiger partial charge in [0, 0.05) is 18.6 Å². The van der Waals surface area contributed by atoms with E-state index in [0.29, 0.717) is 0 Å². The van der Waals surface area contributed by atoms with E-state index < -0.39 is 0 Å². The minimum atomic E-state index is 0.753. The number of likely N-dealkylation sites (N-methyl/N-ethyl adjacent to an activating group) is 1. The van der Waals surface area contributed by atoms with Crippen LogP contribution in [0.5, 0.6) is 0 Å². The van der Waals surface area contributed by atoms with Crippen LogP contribution < -0.4 is 5.32 Å². The van der Waals surface area contributed by atoms with Gasteiger partial charge in [0.2, 0.25) is 0 Å². The maximum atomic E-state index is 3.88. The molecule has 0 aromatic carbocycles. The molecule has 0 aliphatic carbocycles. The van der Waals surface area contributed by atoms with Gasteiger partial charge in [-0.1, -0.05) is 6.92 Å². The quantitative estimate of drug-likeness (QED) is 0.803. The normalized spacial score (nSPS) is 32.8. The number of hydrogen-bond acceptors (Lipinski definition) is 3. The predicted molar refractivity (Wildman–Crippen MR) is 73.4 cm³/mol. The molecule has 2 saturated heterocycles. The minimum absolute atomic E-state index is 0.753. The smallest absolute Gasteiger partial charge is 0.0209 e. The highest BCUT2D eigenvalue weighted by Gasteiger charge is 2.23. The van der Waals surface area contributed by atoms with Crippen molar-refractivity contribution in [2.24, 2.45) is 0 Å². The number of nitrogens with one attached hydrogen (secondary N) is 1. The number of nitrogens with zero attached hydrogens (tertiary/aromatic N) is 2. The van der Waals surface area contributed by atoms with Gasteiger partial charge in [-0.15, -0.1) is 0 Å². The van der Waals surface area contributed by atoms with Crippen molar-refractivity contribution in [1.29, 1.82) is 0 Å². The van der Waals surface area contributed by atoms with E-state index in [2.05, 4.69) is 29.1 Å². The zero-order valence-electron chi connectivity index (χ0n) is 11.6. The molecule has 100 valence electrons. The SMILES string of the molecule is CCCN1CCCC(NC2CCN(C)C2)CC1. The van der Waals surface area contributed by atoms with Crippen molar-refractivity contribution in [2.75, 3.05) is 39.8 Å². The van der Waals surface area contributed by atoms with E-state index >= 15 is 0 Å². The zero-order chi connectivity index (χ0) is 12.1. The zero-order valence-corrected chi connectivity index (χ0v) is 11.6. The van der Waals surface area contributed by atoms with Gasteiger partial charge >= 0.3 is 0 Å². The average Bonchev–Trinajstić information content (AvgIpc) is 2.58. The van der Waals surface area contributed by atoms with Crippen molar-refractivity contribution in [3.05, 3.63) is 0 Å². The number of likely N-dealkylation sites (tertiary alicyclic amines) is 2. The molecule has 3 nitrogen and oxygen atoms in total. The van der Waals surface area contributed by atoms with Gasteiger partial charge < -0.3 is 15.1 Å². The van der Waals surface area contributed by atoms with Crippen LogP contribution in [0.2, 0.25) is 0 Å². The fourth-order valence-electron chi connectivity index (χ4n) is 3.27. The lowest BCUT2D eigenvalue weighted by atomic mass is 10.1. The van der Waals surface area contributed by atoms with Crippen LogP contribution in [0.3, 0.4) is 0 Å². The highest BCUT2D eigenvalue weighted by atomic mass is 15.2. The summed E-state index contributed by atoms with van der Waals surface area (Å²) in [7, 11) is 2.23. The van der Waals surface area contributed by atoms with Crippen LogP contribution in [0.15, 0.2) is 0 Å². The molecule has 0 aromatic heterocycles. The third-order valence-electron chi connectivity index (χ3n) is 4.22. The Morgan fingerprint density at radius 3 is 2.59 bits per heavy atom. The molecular weight excluding hydrogens is 210 g/mol. The van der Waals surface area contributed by atoms with E-state index in [9.17, 15) is 0 Å². The molecule has 2 aliphatic heterocycles. The number of hydrogen-bond donors (Lipinski definition) is 1. The van der Waals surface area contributed by atoms with Gasteiger partial charge in [-0.2, -0.15) is 0 Å². The summed E-state index contributed by atoms with van der Waals surface area (Å²) >= 11 is 0. The minimum Gasteiger partial charge on any atom is -0.310 e. The second kappa shape index (κ2) is 6.72. The standard InChI is InChI=1S/C14H29N3/c1-3-8-17-9-4-5-13(7-11-17)15-14-6-10-16(2)12-14/h13-15H,3-12H2,1-2H3. The first-order valence-electron chi connectivity index (χ1n) is 7.45. The van der Waals surface area contributed by atoms with Crippen LogP contribution in [0, 0.1) is 0 Å². The molecule has 2 aliphatic rings. The molecule has 0 radical (unpaired) electrons. The van der Waals surface area contributed by atoms with Crippen molar-refractivity contribution in [2.45, 2.75) is 51.1 Å². The first kappa shape index (κ1) is 13.3. The molecule has 0 saturated carbocycles. The lowest BCUT2D eigenvalue weighted by Gasteiger charge is -2.22. The molecule has 2 heterocycles. The van der Waals surface area contributed by atoms with Crippen molar-refractivity contribution < 1.29 is 0 Å². The molecule has 0 aromatic rings. The van der Waals surface area contributed by atoms with Crippen LogP contribution in [0.4, 0.5) is 0 Å². The third kappa shape index (κ3) is 4.23. The molecule has 0 amide bonds. The van der Waals surface area contributed by atoms with E-state index in [-0.39, 0.29) is 0 Å². The lowest BCUT2D eigenvalue weighted by molar-refractivity contribution is 0.281. The topological polar surface area (TPSA) is 18.5 Å². The monoisotopic (exact) mass is 239 g/mol. The Kier molecular flexibility index (Phi) is 5.26. The highest BCUT2D eigenvalue weighted by molar-refractivity contribution is 4.84. The third-order valence-corrected chi connectivity index (χ3v) is 4.22. The van der Waals surface area contributed by atoms with Crippen molar-refractivity contribution >= 4 is 0 Å². The molecular formula is C14H29N3. The van der Waals surface area contributed by atoms with E-state index in [4.69, 9.17) is 0 Å². The van der Waals surface area contributed by atoms with Gasteiger partial charge in [0.05, 0.1) is 0 Å². The Bertz CT molecular complexity index is 220. The van der Waals surface area contributed by atoms with Gasteiger partial charge in [-0.3, -0.25) is 0 Å². The Morgan fingerprint density at radius 1 is 1.06 bits per heavy atom. The van der Waals surface area contributed by atoms with Gasteiger partial charge in [-0.25, -0.2) is 0 Å². The molecule has 2 fully saturated rings. The van der Waals surface area contributed by atoms with Gasteiger partial charge in [0.15, 0.2) is 0 Å². The van der Waals surface area contributed by atoms with Crippen LogP contribution in [-0.2, 0) is 0 Å². The summed E-state index contributed by atoms with van der Waals surface area (Å²) in [5.74, 6) is 0. The fraction of sp³-hybridized carbons (Fsp3) is 1.00. The van der Waals surface area contributed by atoms with E-state index in [1.165, 1.54) is 64.8 Å². The summed E-state index contributed by atoms with van der Waals surface area (Å²) in [4.78, 5) is 5.08. The molecule has 17 heavy (non-hydrogen) atoms. The van der Waals surface area contributed by atoms with Crippen LogP contribution in [-0.4, -0.2) is 61.7 Å². The highest BCUT2D eigenvalue weighted by Crippen LogP contribution is 2.14. The van der Waals surface area contributed by atoms with E-state index in [0.717, 1.165) is 12.1 Å². The van der Waals surface area contributed by atoms with Crippen LogP contribution in [0.25, 0.3) is 0 Å². The molecule has 2 atom stereocenters. The molecule has 0 spiro atoms. The average molecular weight is 239 g/mol. The van der Waals surface area contributed by atoms with Crippen molar-refractivity contribution in [3.63, 3.8) is 0 Å². The molecule has 1 N–H and O–H groups in total. The Balaban J connectivity index is 1.71. The summed E-state index contributed by atoms with van der Waals surface area (Å²) < 4.78 is 0. The fourth-order valence-corrected chi connectivity index (χ4v) is 3.27. The summed E-state index contributed by atoms with van der Waals surface area (Å²) in [6.45, 7) is 8.71. The largest absolute Gasteiger partial charge is 0.310 e. The van der Waals surface area contributed by atoms with Gasteiger partial charge in [-0.05, 0) is 65.3 Å². The first-order chi connectivity index (χ1) is 8.28. The molecule has 0 bridgehead atoms. The summed E-state index contributed by atoms with van der Waals surface area (Å²) in [5.41, 5.74) is 0. The van der Waals surface area contributed by atoms with Crippen LogP contribution >= 0.6 is 0 Å². The van der Waals surface area contributed by atoms with Crippen molar-refractivity contribution in [3.8, 4) is 0 Å².